The van der Waals surface area contributed by atoms with Crippen molar-refractivity contribution in [1.82, 2.24) is 5.32 Å². The van der Waals surface area contributed by atoms with Crippen molar-refractivity contribution in [2.75, 3.05) is 0 Å². The molecule has 0 unspecified atom stereocenters. The third-order valence-electron chi connectivity index (χ3n) is 7.86. The number of benzene rings is 1. The van der Waals surface area contributed by atoms with E-state index in [2.05, 4.69) is 19.2 Å². The number of aromatic hydroxyl groups is 1. The zero-order valence-electron chi connectivity index (χ0n) is 16.9. The molecule has 0 heterocycles. The monoisotopic (exact) mass is 387 g/mol. The summed E-state index contributed by atoms with van der Waals surface area (Å²) < 4.78 is 0. The lowest BCUT2D eigenvalue weighted by atomic mass is 9.54. The number of phenolic OH excluding ortho intramolecular Hbond substituents is 1. The minimum Gasteiger partial charge on any atom is -0.508 e. The predicted molar refractivity (Wildman–Crippen MR) is 107 cm³/mol. The van der Waals surface area contributed by atoms with Crippen LogP contribution in [0.25, 0.3) is 0 Å². The average molecular weight is 388 g/mol. The first kappa shape index (κ1) is 19.7. The summed E-state index contributed by atoms with van der Waals surface area (Å²) >= 11 is 0. The van der Waals surface area contributed by atoms with Crippen molar-refractivity contribution >= 4 is 5.91 Å². The molecule has 7 atom stereocenters. The Morgan fingerprint density at radius 1 is 1.25 bits per heavy atom. The van der Waals surface area contributed by atoms with Crippen LogP contribution >= 0.6 is 0 Å². The van der Waals surface area contributed by atoms with Crippen molar-refractivity contribution in [2.24, 2.45) is 17.3 Å². The minimum atomic E-state index is -0.669. The number of aliphatic hydroxyl groups excluding tert-OH is 2. The molecular formula is C23H33NO4. The van der Waals surface area contributed by atoms with Crippen LogP contribution < -0.4 is 5.32 Å². The van der Waals surface area contributed by atoms with Crippen LogP contribution in [0.15, 0.2) is 18.2 Å². The summed E-state index contributed by atoms with van der Waals surface area (Å²) in [5.74, 6) is 1.21. The van der Waals surface area contributed by atoms with Crippen LogP contribution in [0.3, 0.4) is 0 Å². The summed E-state index contributed by atoms with van der Waals surface area (Å²) in [6.45, 7) is 4.20. The molecule has 0 bridgehead atoms. The maximum Gasteiger partial charge on any atom is 0.220 e. The minimum absolute atomic E-state index is 0.0599. The third-order valence-corrected chi connectivity index (χ3v) is 7.86. The quantitative estimate of drug-likeness (QED) is 0.638. The number of phenols is 1. The molecule has 28 heavy (non-hydrogen) atoms. The second-order valence-electron chi connectivity index (χ2n) is 9.44. The van der Waals surface area contributed by atoms with Gasteiger partial charge in [0.05, 0.1) is 18.2 Å². The SMILES string of the molecule is CCCCC(=O)N[C@H]1C[C@@H]2[C@H](CC[C@]3(C)[C@@H](O)[C@H](O)C[C@@H]23)c2ccc(O)cc21. The summed E-state index contributed by atoms with van der Waals surface area (Å²) in [5, 5.41) is 34.3. The summed E-state index contributed by atoms with van der Waals surface area (Å²) in [5.41, 5.74) is 1.99. The molecule has 4 N–H and O–H groups in total. The Morgan fingerprint density at radius 2 is 2.04 bits per heavy atom. The van der Waals surface area contributed by atoms with E-state index in [1.165, 1.54) is 5.56 Å². The van der Waals surface area contributed by atoms with Crippen LogP contribution in [0.1, 0.15) is 81.9 Å². The van der Waals surface area contributed by atoms with Gasteiger partial charge in [0, 0.05) is 6.42 Å². The van der Waals surface area contributed by atoms with Gasteiger partial charge >= 0.3 is 0 Å². The Hall–Kier alpha value is -1.59. The normalized spacial score (nSPS) is 39.0. The fraction of sp³-hybridized carbons (Fsp3) is 0.696. The van der Waals surface area contributed by atoms with Crippen molar-refractivity contribution in [1.29, 1.82) is 0 Å². The zero-order valence-corrected chi connectivity index (χ0v) is 16.9. The van der Waals surface area contributed by atoms with E-state index >= 15 is 0 Å². The summed E-state index contributed by atoms with van der Waals surface area (Å²) in [6.07, 6.45) is 4.34. The van der Waals surface area contributed by atoms with E-state index in [0.717, 1.165) is 37.7 Å². The van der Waals surface area contributed by atoms with Crippen LogP contribution in [-0.2, 0) is 4.79 Å². The van der Waals surface area contributed by atoms with Gasteiger partial charge in [0.1, 0.15) is 5.75 Å². The maximum absolute atomic E-state index is 12.5. The highest BCUT2D eigenvalue weighted by atomic mass is 16.3. The first-order valence-corrected chi connectivity index (χ1v) is 10.8. The van der Waals surface area contributed by atoms with Gasteiger partial charge in [0.25, 0.3) is 0 Å². The van der Waals surface area contributed by atoms with Gasteiger partial charge in [-0.3, -0.25) is 4.79 Å². The van der Waals surface area contributed by atoms with E-state index in [9.17, 15) is 20.1 Å². The fourth-order valence-corrected chi connectivity index (χ4v) is 6.33. The molecule has 0 spiro atoms. The molecule has 1 aromatic rings. The maximum atomic E-state index is 12.5. The van der Waals surface area contributed by atoms with Gasteiger partial charge in [-0.2, -0.15) is 0 Å². The number of aliphatic hydroxyl groups is 2. The molecule has 4 rings (SSSR count). The highest BCUT2D eigenvalue weighted by molar-refractivity contribution is 5.76. The molecule has 5 nitrogen and oxygen atoms in total. The first-order chi connectivity index (χ1) is 13.3. The Bertz CT molecular complexity index is 750. The smallest absolute Gasteiger partial charge is 0.220 e. The lowest BCUT2D eigenvalue weighted by Gasteiger charge is -2.51. The predicted octanol–water partition coefficient (Wildman–Crippen LogP) is 3.39. The number of hydrogen-bond acceptors (Lipinski definition) is 4. The Balaban J connectivity index is 1.66. The van der Waals surface area contributed by atoms with E-state index in [-0.39, 0.29) is 29.0 Å². The second kappa shape index (κ2) is 7.34. The molecule has 3 aliphatic carbocycles. The van der Waals surface area contributed by atoms with E-state index in [4.69, 9.17) is 0 Å². The third kappa shape index (κ3) is 3.13. The topological polar surface area (TPSA) is 89.8 Å². The number of fused-ring (bicyclic) bond motifs is 5. The van der Waals surface area contributed by atoms with Gasteiger partial charge in [-0.25, -0.2) is 0 Å². The zero-order chi connectivity index (χ0) is 20.1. The van der Waals surface area contributed by atoms with Gasteiger partial charge in [0.15, 0.2) is 0 Å². The number of amides is 1. The molecule has 1 aromatic carbocycles. The number of hydrogen-bond donors (Lipinski definition) is 4. The Morgan fingerprint density at radius 3 is 2.79 bits per heavy atom. The summed E-state index contributed by atoms with van der Waals surface area (Å²) in [6, 6.07) is 5.44. The largest absolute Gasteiger partial charge is 0.508 e. The summed E-state index contributed by atoms with van der Waals surface area (Å²) in [7, 11) is 0. The standard InChI is InChI=1S/C23H33NO4/c1-3-4-5-21(27)24-19-11-16-15(14-7-6-13(25)10-17(14)19)8-9-23(2)18(16)12-20(26)22(23)28/h6-7,10,15-16,18-20,22,25-26,28H,3-5,8-9,11-12H2,1-2H3,(H,24,27)/t15-,16-,18+,19+,20-,22+,23+/m1/s1. The van der Waals surface area contributed by atoms with Crippen molar-refractivity contribution in [3.8, 4) is 5.75 Å². The number of carbonyl (C=O) groups is 1. The fourth-order valence-electron chi connectivity index (χ4n) is 6.33. The molecule has 2 saturated carbocycles. The van der Waals surface area contributed by atoms with Crippen molar-refractivity contribution in [2.45, 2.75) is 83.0 Å². The van der Waals surface area contributed by atoms with Gasteiger partial charge in [-0.1, -0.05) is 26.3 Å². The summed E-state index contributed by atoms with van der Waals surface area (Å²) in [4.78, 5) is 12.5. The van der Waals surface area contributed by atoms with Gasteiger partial charge in [-0.05, 0) is 78.5 Å². The Kier molecular flexibility index (Phi) is 5.17. The molecule has 3 aliphatic rings. The molecule has 0 aromatic heterocycles. The molecule has 0 radical (unpaired) electrons. The first-order valence-electron chi connectivity index (χ1n) is 10.8. The van der Waals surface area contributed by atoms with Gasteiger partial charge in [0.2, 0.25) is 5.91 Å². The molecule has 2 fully saturated rings. The highest BCUT2D eigenvalue weighted by Gasteiger charge is 2.58. The van der Waals surface area contributed by atoms with E-state index in [1.54, 1.807) is 6.07 Å². The van der Waals surface area contributed by atoms with Gasteiger partial charge < -0.3 is 20.6 Å². The lowest BCUT2D eigenvalue weighted by molar-refractivity contribution is -0.122. The van der Waals surface area contributed by atoms with E-state index in [1.807, 2.05) is 12.1 Å². The number of carbonyl (C=O) groups excluding carboxylic acids is 1. The second-order valence-corrected chi connectivity index (χ2v) is 9.44. The van der Waals surface area contributed by atoms with Crippen molar-refractivity contribution in [3.05, 3.63) is 29.3 Å². The molecule has 5 heteroatoms. The number of nitrogens with one attached hydrogen (secondary N) is 1. The van der Waals surface area contributed by atoms with Crippen molar-refractivity contribution in [3.63, 3.8) is 0 Å². The molecular weight excluding hydrogens is 354 g/mol. The molecule has 0 saturated heterocycles. The molecule has 0 aliphatic heterocycles. The van der Waals surface area contributed by atoms with Crippen LogP contribution in [0.4, 0.5) is 0 Å². The highest BCUT2D eigenvalue weighted by Crippen LogP contribution is 2.62. The van der Waals surface area contributed by atoms with Gasteiger partial charge in [-0.15, -0.1) is 0 Å². The van der Waals surface area contributed by atoms with Crippen LogP contribution in [0.2, 0.25) is 0 Å². The lowest BCUT2D eigenvalue weighted by Crippen LogP contribution is -2.46. The number of unbranched alkanes of at least 4 members (excludes halogenated alkanes) is 1. The van der Waals surface area contributed by atoms with Crippen LogP contribution in [0.5, 0.6) is 5.75 Å². The molecule has 1 amide bonds. The van der Waals surface area contributed by atoms with Crippen LogP contribution in [-0.4, -0.2) is 33.4 Å². The van der Waals surface area contributed by atoms with E-state index in [0.29, 0.717) is 24.7 Å². The average Bonchev–Trinajstić information content (AvgIpc) is 2.90. The van der Waals surface area contributed by atoms with E-state index < -0.39 is 12.2 Å². The molecule has 154 valence electrons. The number of rotatable bonds is 4. The van der Waals surface area contributed by atoms with Crippen LogP contribution in [0, 0.1) is 17.3 Å². The van der Waals surface area contributed by atoms with Crippen molar-refractivity contribution < 1.29 is 20.1 Å². The Labute approximate surface area is 167 Å².